The number of hydrogen-bond donors (Lipinski definition) is 0. The van der Waals surface area contributed by atoms with Crippen molar-refractivity contribution < 1.29 is 0 Å². The van der Waals surface area contributed by atoms with Gasteiger partial charge >= 0.3 is 0 Å². The monoisotopic (exact) mass is 385 g/mol. The van der Waals surface area contributed by atoms with E-state index in [1.807, 2.05) is 6.07 Å². The summed E-state index contributed by atoms with van der Waals surface area (Å²) in [5, 5.41) is 11.3. The van der Waals surface area contributed by atoms with Gasteiger partial charge in [0, 0.05) is 3.57 Å². The zero-order chi connectivity index (χ0) is 15.0. The summed E-state index contributed by atoms with van der Waals surface area (Å²) < 4.78 is 1.15. The number of hydrogen-bond acceptors (Lipinski definition) is 2. The number of aryl methyl sites for hydroxylation is 1. The van der Waals surface area contributed by atoms with Gasteiger partial charge in [-0.2, -0.15) is 0 Å². The third kappa shape index (κ3) is 3.32. The van der Waals surface area contributed by atoms with Crippen molar-refractivity contribution in [3.63, 3.8) is 0 Å². The summed E-state index contributed by atoms with van der Waals surface area (Å²) in [5.41, 5.74) is 2.35. The maximum absolute atomic E-state index is 4.60. The van der Waals surface area contributed by atoms with Gasteiger partial charge in [0.05, 0.1) is 11.1 Å². The van der Waals surface area contributed by atoms with Crippen molar-refractivity contribution in [2.75, 3.05) is 0 Å². The van der Waals surface area contributed by atoms with E-state index in [0.717, 1.165) is 9.26 Å². The normalized spacial score (nSPS) is 21.4. The molecular formula is C16H24IN3. The van der Waals surface area contributed by atoms with Gasteiger partial charge in [-0.25, -0.2) is 0 Å². The van der Waals surface area contributed by atoms with Gasteiger partial charge in [0.1, 0.15) is 5.69 Å². The van der Waals surface area contributed by atoms with Gasteiger partial charge < -0.3 is 0 Å². The molecule has 1 fully saturated rings. The average Bonchev–Trinajstić information content (AvgIpc) is 2.29. The fraction of sp³-hybridized carbons (Fsp3) is 0.625. The van der Waals surface area contributed by atoms with Crippen molar-refractivity contribution >= 4 is 28.3 Å². The van der Waals surface area contributed by atoms with Crippen LogP contribution in [0.25, 0.3) is 0 Å². The second-order valence-electron chi connectivity index (χ2n) is 6.93. The van der Waals surface area contributed by atoms with Crippen molar-refractivity contribution in [2.45, 2.75) is 65.0 Å². The average molecular weight is 385 g/mol. The van der Waals surface area contributed by atoms with E-state index in [2.05, 4.69) is 84.7 Å². The molecule has 1 aliphatic heterocycles. The van der Waals surface area contributed by atoms with Crippen LogP contribution in [0.3, 0.4) is 0 Å². The van der Waals surface area contributed by atoms with E-state index in [0.29, 0.717) is 0 Å². The fourth-order valence-electron chi connectivity index (χ4n) is 3.01. The Bertz CT molecular complexity index is 504. The van der Waals surface area contributed by atoms with E-state index in [4.69, 9.17) is 0 Å². The SMILES string of the molecule is Cc1ccc(/N=N/N2C(C)(C)CCCC2(C)C)c(I)c1. The molecule has 110 valence electrons. The first-order valence-electron chi connectivity index (χ1n) is 7.20. The Morgan fingerprint density at radius 3 is 2.25 bits per heavy atom. The Morgan fingerprint density at radius 1 is 1.10 bits per heavy atom. The summed E-state index contributed by atoms with van der Waals surface area (Å²) in [6, 6.07) is 6.27. The predicted molar refractivity (Wildman–Crippen MR) is 92.3 cm³/mol. The highest BCUT2D eigenvalue weighted by molar-refractivity contribution is 14.1. The van der Waals surface area contributed by atoms with Gasteiger partial charge in [-0.05, 0) is 94.2 Å². The quantitative estimate of drug-likeness (QED) is 0.478. The summed E-state index contributed by atoms with van der Waals surface area (Å²) in [5.74, 6) is 0. The summed E-state index contributed by atoms with van der Waals surface area (Å²) in [6.45, 7) is 11.1. The minimum atomic E-state index is 0.0708. The molecule has 1 aliphatic rings. The number of rotatable bonds is 2. The van der Waals surface area contributed by atoms with Crippen LogP contribution < -0.4 is 0 Å². The molecule has 1 aromatic carbocycles. The van der Waals surface area contributed by atoms with Crippen LogP contribution in [-0.2, 0) is 0 Å². The predicted octanol–water partition coefficient (Wildman–Crippen LogP) is 5.64. The Morgan fingerprint density at radius 2 is 1.70 bits per heavy atom. The van der Waals surface area contributed by atoms with E-state index in [1.54, 1.807) is 0 Å². The molecule has 0 atom stereocenters. The summed E-state index contributed by atoms with van der Waals surface area (Å²) in [6.07, 6.45) is 3.59. The highest BCUT2D eigenvalue weighted by atomic mass is 127. The zero-order valence-corrected chi connectivity index (χ0v) is 15.2. The van der Waals surface area contributed by atoms with E-state index < -0.39 is 0 Å². The molecule has 20 heavy (non-hydrogen) atoms. The molecule has 1 aromatic rings. The molecule has 4 heteroatoms. The van der Waals surface area contributed by atoms with Crippen LogP contribution in [0.1, 0.15) is 52.5 Å². The van der Waals surface area contributed by atoms with Crippen molar-refractivity contribution in [3.8, 4) is 0 Å². The topological polar surface area (TPSA) is 28.0 Å². The Hall–Kier alpha value is -0.650. The molecule has 0 N–H and O–H groups in total. The minimum absolute atomic E-state index is 0.0708. The van der Waals surface area contributed by atoms with Crippen LogP contribution in [0.4, 0.5) is 5.69 Å². The zero-order valence-electron chi connectivity index (χ0n) is 13.1. The molecule has 0 aliphatic carbocycles. The van der Waals surface area contributed by atoms with E-state index in [9.17, 15) is 0 Å². The molecule has 0 aromatic heterocycles. The lowest BCUT2D eigenvalue weighted by atomic mass is 9.82. The molecule has 0 radical (unpaired) electrons. The Labute approximate surface area is 136 Å². The minimum Gasteiger partial charge on any atom is -0.267 e. The lowest BCUT2D eigenvalue weighted by Crippen LogP contribution is -2.55. The van der Waals surface area contributed by atoms with E-state index in [-0.39, 0.29) is 11.1 Å². The highest BCUT2D eigenvalue weighted by Gasteiger charge is 2.41. The first-order chi connectivity index (χ1) is 9.22. The maximum atomic E-state index is 4.60. The van der Waals surface area contributed by atoms with Crippen LogP contribution in [0.5, 0.6) is 0 Å². The summed E-state index contributed by atoms with van der Waals surface area (Å²) >= 11 is 2.33. The number of halogens is 1. The molecule has 0 saturated carbocycles. The van der Waals surface area contributed by atoms with Gasteiger partial charge in [-0.15, -0.1) is 5.11 Å². The molecule has 0 amide bonds. The largest absolute Gasteiger partial charge is 0.267 e. The standard InChI is InChI=1S/C16H24IN3/c1-12-7-8-14(13(17)11-12)18-19-20-15(2,3)9-6-10-16(20,4)5/h7-8,11H,6,9-10H2,1-5H3/b19-18+. The fourth-order valence-corrected chi connectivity index (χ4v) is 3.79. The molecule has 0 unspecified atom stereocenters. The Kier molecular flexibility index (Phi) is 4.42. The summed E-state index contributed by atoms with van der Waals surface area (Å²) in [4.78, 5) is 0. The van der Waals surface area contributed by atoms with Gasteiger partial charge in [-0.1, -0.05) is 11.3 Å². The maximum Gasteiger partial charge on any atom is 0.101 e. The smallest absolute Gasteiger partial charge is 0.101 e. The van der Waals surface area contributed by atoms with Crippen LogP contribution in [0, 0.1) is 10.5 Å². The van der Waals surface area contributed by atoms with Gasteiger partial charge in [-0.3, -0.25) is 5.01 Å². The molecule has 2 rings (SSSR count). The number of piperidine rings is 1. The van der Waals surface area contributed by atoms with Crippen LogP contribution in [-0.4, -0.2) is 16.1 Å². The molecule has 0 bridgehead atoms. The van der Waals surface area contributed by atoms with Crippen LogP contribution in [0.2, 0.25) is 0 Å². The molecule has 3 nitrogen and oxygen atoms in total. The van der Waals surface area contributed by atoms with E-state index in [1.165, 1.54) is 24.8 Å². The van der Waals surface area contributed by atoms with Crippen molar-refractivity contribution in [1.82, 2.24) is 5.01 Å². The molecule has 1 heterocycles. The van der Waals surface area contributed by atoms with Gasteiger partial charge in [0.2, 0.25) is 0 Å². The third-order valence-electron chi connectivity index (χ3n) is 4.07. The molecule has 1 saturated heterocycles. The third-order valence-corrected chi connectivity index (χ3v) is 4.93. The van der Waals surface area contributed by atoms with Gasteiger partial charge in [0.15, 0.2) is 0 Å². The Balaban J connectivity index is 2.28. The molecular weight excluding hydrogens is 361 g/mol. The lowest BCUT2D eigenvalue weighted by molar-refractivity contribution is -0.0318. The van der Waals surface area contributed by atoms with Crippen molar-refractivity contribution in [1.29, 1.82) is 0 Å². The summed E-state index contributed by atoms with van der Waals surface area (Å²) in [7, 11) is 0. The van der Waals surface area contributed by atoms with Crippen LogP contribution in [0.15, 0.2) is 28.5 Å². The van der Waals surface area contributed by atoms with Crippen molar-refractivity contribution in [2.24, 2.45) is 10.3 Å². The molecule has 0 spiro atoms. The van der Waals surface area contributed by atoms with Crippen molar-refractivity contribution in [3.05, 3.63) is 27.3 Å². The second-order valence-corrected chi connectivity index (χ2v) is 8.10. The van der Waals surface area contributed by atoms with Gasteiger partial charge in [0.25, 0.3) is 0 Å². The number of benzene rings is 1. The van der Waals surface area contributed by atoms with E-state index >= 15 is 0 Å². The number of nitrogens with zero attached hydrogens (tertiary/aromatic N) is 3. The lowest BCUT2D eigenvalue weighted by Gasteiger charge is -2.50. The first kappa shape index (κ1) is 15.7. The first-order valence-corrected chi connectivity index (χ1v) is 8.28. The highest BCUT2D eigenvalue weighted by Crippen LogP contribution is 2.39. The van der Waals surface area contributed by atoms with Crippen LogP contribution >= 0.6 is 22.6 Å². The second kappa shape index (κ2) is 5.62.